The van der Waals surface area contributed by atoms with E-state index in [1.807, 2.05) is 0 Å². The summed E-state index contributed by atoms with van der Waals surface area (Å²) in [5, 5.41) is 0. The van der Waals surface area contributed by atoms with E-state index >= 15 is 0 Å². The summed E-state index contributed by atoms with van der Waals surface area (Å²) in [7, 11) is -4.89. The molecule has 0 aromatic heterocycles. The van der Waals surface area contributed by atoms with Gasteiger partial charge in [0.25, 0.3) is 7.82 Å². The van der Waals surface area contributed by atoms with Gasteiger partial charge in [0.15, 0.2) is 0 Å². The van der Waals surface area contributed by atoms with Crippen LogP contribution in [0.3, 0.4) is 0 Å². The fourth-order valence-corrected chi connectivity index (χ4v) is 2.64. The molecule has 0 aliphatic heterocycles. The van der Waals surface area contributed by atoms with E-state index in [1.54, 1.807) is 0 Å². The topological polar surface area (TPSA) is 111 Å². The van der Waals surface area contributed by atoms with Crippen molar-refractivity contribution >= 4 is 7.82 Å². The molecule has 24 heavy (non-hydrogen) atoms. The van der Waals surface area contributed by atoms with E-state index in [0.717, 1.165) is 0 Å². The van der Waals surface area contributed by atoms with E-state index in [2.05, 4.69) is 27.7 Å². The molecule has 0 aromatic carbocycles. The summed E-state index contributed by atoms with van der Waals surface area (Å²) in [6.07, 6.45) is 11.1. The molecule has 0 aliphatic rings. The maximum absolute atomic E-state index is 8.77. The molecule has 0 amide bonds. The third-order valence-corrected chi connectivity index (χ3v) is 3.94. The zero-order valence-electron chi connectivity index (χ0n) is 16.5. The third-order valence-electron chi connectivity index (χ3n) is 3.94. The van der Waals surface area contributed by atoms with Crippen molar-refractivity contribution in [2.45, 2.75) is 79.1 Å². The van der Waals surface area contributed by atoms with Gasteiger partial charge in [0.1, 0.15) is 0 Å². The number of hydrogen-bond donors (Lipinski definition) is 2. The Morgan fingerprint density at radius 3 is 1.04 bits per heavy atom. The van der Waals surface area contributed by atoms with Crippen LogP contribution in [0.5, 0.6) is 0 Å². The molecule has 0 bridgehead atoms. The fraction of sp³-hybridized carbons (Fsp3) is 1.00. The Morgan fingerprint density at radius 1 is 0.750 bits per heavy atom. The molecular weight excluding hydrogens is 340 g/mol. The number of nitrogens with zero attached hydrogens (tertiary/aromatic N) is 1. The molecule has 0 heterocycles. The van der Waals surface area contributed by atoms with Gasteiger partial charge >= 0.3 is 29.6 Å². The first kappa shape index (κ1) is 32.7. The molecule has 3 N–H and O–H groups in total. The van der Waals surface area contributed by atoms with Gasteiger partial charge in [-0.05, 0) is 25.7 Å². The van der Waals surface area contributed by atoms with Gasteiger partial charge in [-0.25, -0.2) is 0 Å². The van der Waals surface area contributed by atoms with Crippen molar-refractivity contribution in [2.24, 2.45) is 0 Å². The van der Waals surface area contributed by atoms with E-state index in [0.29, 0.717) is 0 Å². The molecule has 8 heteroatoms. The van der Waals surface area contributed by atoms with Crippen LogP contribution in [0.2, 0.25) is 0 Å². The van der Waals surface area contributed by atoms with Gasteiger partial charge in [0.05, 0.1) is 26.2 Å². The standard InChI is InChI=1S/C16H36N.Na.H3O4P.H2O/c1-5-9-13-17(14-10-6-2,15-11-7-3)16-12-8-4;;1-5(2,3)4;/h5-16H2,1-4H3;;(H3,1,2,3,4);1H2/q2*+1;;/p-2. The van der Waals surface area contributed by atoms with Crippen molar-refractivity contribution in [1.82, 2.24) is 0 Å². The van der Waals surface area contributed by atoms with Crippen molar-refractivity contribution in [1.29, 1.82) is 0 Å². The molecule has 0 atom stereocenters. The average Bonchev–Trinajstić information content (AvgIpc) is 2.44. The van der Waals surface area contributed by atoms with E-state index in [4.69, 9.17) is 19.2 Å². The van der Waals surface area contributed by atoms with Crippen LogP contribution in [0.1, 0.15) is 79.1 Å². The monoisotopic (exact) mass is 379 g/mol. The maximum Gasteiger partial charge on any atom is 1.00 e. The summed E-state index contributed by atoms with van der Waals surface area (Å²) in [5.41, 5.74) is 0. The summed E-state index contributed by atoms with van der Waals surface area (Å²) in [6.45, 7) is 15.0. The van der Waals surface area contributed by atoms with Crippen LogP contribution in [0, 0.1) is 0 Å². The molecule has 0 saturated carbocycles. The van der Waals surface area contributed by atoms with Gasteiger partial charge < -0.3 is 24.6 Å². The number of phosphoric acid groups is 1. The summed E-state index contributed by atoms with van der Waals surface area (Å²) in [4.78, 5) is 22.9. The van der Waals surface area contributed by atoms with Gasteiger partial charge in [-0.2, -0.15) is 0 Å². The Hall–Kier alpha value is 1.03. The van der Waals surface area contributed by atoms with Crippen molar-refractivity contribution in [2.75, 3.05) is 26.2 Å². The summed E-state index contributed by atoms with van der Waals surface area (Å²) < 4.78 is 10.2. The van der Waals surface area contributed by atoms with Gasteiger partial charge in [-0.15, -0.1) is 0 Å². The minimum atomic E-state index is -4.89. The number of unbranched alkanes of at least 4 members (excludes halogenated alkanes) is 4. The zero-order valence-corrected chi connectivity index (χ0v) is 19.4. The molecule has 0 fully saturated rings. The largest absolute Gasteiger partial charge is 1.00 e. The quantitative estimate of drug-likeness (QED) is 0.287. The molecule has 0 saturated heterocycles. The second-order valence-corrected chi connectivity index (χ2v) is 7.12. The molecular formula is C16H39NNaO5P. The molecule has 0 spiro atoms. The first-order valence-corrected chi connectivity index (χ1v) is 10.4. The predicted molar refractivity (Wildman–Crippen MR) is 93.3 cm³/mol. The third kappa shape index (κ3) is 25.3. The molecule has 144 valence electrons. The van der Waals surface area contributed by atoms with Gasteiger partial charge in [0, 0.05) is 0 Å². The molecule has 0 rings (SSSR count). The summed E-state index contributed by atoms with van der Waals surface area (Å²) >= 11 is 0. The molecule has 0 aromatic rings. The molecule has 6 nitrogen and oxygen atoms in total. The fourth-order valence-electron chi connectivity index (χ4n) is 2.64. The Labute approximate surface area is 171 Å². The van der Waals surface area contributed by atoms with Crippen LogP contribution in [0.15, 0.2) is 0 Å². The van der Waals surface area contributed by atoms with Crippen LogP contribution < -0.4 is 34.5 Å². The first-order valence-electron chi connectivity index (χ1n) is 8.86. The Kier molecular flexibility index (Phi) is 27.7. The van der Waals surface area contributed by atoms with Gasteiger partial charge in [0.2, 0.25) is 0 Å². The Morgan fingerprint density at radius 2 is 0.917 bits per heavy atom. The van der Waals surface area contributed by atoms with E-state index in [-0.39, 0.29) is 35.0 Å². The van der Waals surface area contributed by atoms with Crippen LogP contribution in [0.25, 0.3) is 0 Å². The van der Waals surface area contributed by atoms with Crippen molar-refractivity contribution in [3.05, 3.63) is 0 Å². The van der Waals surface area contributed by atoms with Gasteiger partial charge in [-0.1, -0.05) is 53.4 Å². The van der Waals surface area contributed by atoms with Crippen LogP contribution in [-0.4, -0.2) is 45.9 Å². The van der Waals surface area contributed by atoms with Crippen LogP contribution in [0.4, 0.5) is 0 Å². The van der Waals surface area contributed by atoms with Crippen molar-refractivity contribution < 1.29 is 58.8 Å². The normalized spacial score (nSPS) is 11.0. The summed E-state index contributed by atoms with van der Waals surface area (Å²) in [5.74, 6) is 0. The van der Waals surface area contributed by atoms with Crippen molar-refractivity contribution in [3.8, 4) is 0 Å². The van der Waals surface area contributed by atoms with E-state index in [1.165, 1.54) is 82.0 Å². The molecule has 0 aliphatic carbocycles. The number of quaternary nitrogens is 1. The second kappa shape index (κ2) is 20.3. The Balaban J connectivity index is -0.000000250. The minimum Gasteiger partial charge on any atom is -0.870 e. The molecule has 0 radical (unpaired) electrons. The van der Waals surface area contributed by atoms with Crippen LogP contribution in [-0.2, 0) is 4.57 Å². The Bertz CT molecular complexity index is 244. The second-order valence-electron chi connectivity index (χ2n) is 6.14. The van der Waals surface area contributed by atoms with Crippen LogP contribution >= 0.6 is 7.82 Å². The average molecular weight is 379 g/mol. The smallest absolute Gasteiger partial charge is 0.870 e. The SMILES string of the molecule is CCCC[N+](CCCC)(CCCC)CCCC.O=P([O-])(O)O.[Na+].[OH-]. The van der Waals surface area contributed by atoms with E-state index in [9.17, 15) is 0 Å². The maximum atomic E-state index is 8.77. The molecule has 0 unspecified atom stereocenters. The van der Waals surface area contributed by atoms with Crippen molar-refractivity contribution in [3.63, 3.8) is 0 Å². The predicted octanol–water partition coefficient (Wildman–Crippen LogP) is 0.270. The first-order chi connectivity index (χ1) is 10.2. The van der Waals surface area contributed by atoms with Gasteiger partial charge in [-0.3, -0.25) is 4.57 Å². The van der Waals surface area contributed by atoms with E-state index < -0.39 is 7.82 Å². The minimum absolute atomic E-state index is 0. The number of rotatable bonds is 12. The summed E-state index contributed by atoms with van der Waals surface area (Å²) in [6, 6.07) is 0. The number of hydrogen-bond acceptors (Lipinski definition) is 3. The zero-order chi connectivity index (χ0) is 17.5.